The number of carbonyl (C=O) groups is 1. The number of carbonyl (C=O) groups excluding carboxylic acids is 1. The lowest BCUT2D eigenvalue weighted by molar-refractivity contribution is -0.150. The Morgan fingerprint density at radius 1 is 1.60 bits per heavy atom. The van der Waals surface area contributed by atoms with Crippen LogP contribution in [0.25, 0.3) is 0 Å². The fraction of sp³-hybridized carbons (Fsp3) is 0.833. The molecule has 0 bridgehead atoms. The molecule has 2 atom stereocenters. The number of nitriles is 1. The number of methoxy groups -OCH3 is 1. The van der Waals surface area contributed by atoms with Crippen molar-refractivity contribution in [2.75, 3.05) is 7.11 Å². The van der Waals surface area contributed by atoms with Crippen molar-refractivity contribution in [3.8, 4) is 6.07 Å². The molecule has 0 aromatic heterocycles. The fourth-order valence-electron chi connectivity index (χ4n) is 2.44. The predicted molar refractivity (Wildman–Crippen MR) is 57.2 cm³/mol. The second-order valence-corrected chi connectivity index (χ2v) is 4.19. The van der Waals surface area contributed by atoms with E-state index >= 15 is 0 Å². The summed E-state index contributed by atoms with van der Waals surface area (Å²) in [5.74, 6) is -0.144. The summed E-state index contributed by atoms with van der Waals surface area (Å²) >= 11 is 0. The minimum absolute atomic E-state index is 0.110. The molecule has 0 aliphatic heterocycles. The van der Waals surface area contributed by atoms with Crippen LogP contribution < -0.4 is 0 Å². The summed E-state index contributed by atoms with van der Waals surface area (Å²) in [6.07, 6.45) is 4.86. The third-order valence-electron chi connectivity index (χ3n) is 3.32. The van der Waals surface area contributed by atoms with Crippen LogP contribution in [0, 0.1) is 17.2 Å². The molecule has 0 aromatic rings. The molecule has 84 valence electrons. The maximum atomic E-state index is 12.0. The summed E-state index contributed by atoms with van der Waals surface area (Å²) in [7, 11) is 1.56. The molecule has 1 fully saturated rings. The van der Waals surface area contributed by atoms with Crippen LogP contribution in [0.3, 0.4) is 0 Å². The van der Waals surface area contributed by atoms with Crippen molar-refractivity contribution in [2.45, 2.75) is 51.0 Å². The number of ketones is 1. The first kappa shape index (κ1) is 12.2. The minimum Gasteiger partial charge on any atom is -0.369 e. The van der Waals surface area contributed by atoms with Gasteiger partial charge in [0.05, 0.1) is 12.0 Å². The lowest BCUT2D eigenvalue weighted by atomic mass is 9.72. The van der Waals surface area contributed by atoms with Gasteiger partial charge in [0.25, 0.3) is 0 Å². The molecule has 1 rings (SSSR count). The third kappa shape index (κ3) is 2.21. The third-order valence-corrected chi connectivity index (χ3v) is 3.32. The molecule has 0 saturated heterocycles. The highest BCUT2D eigenvalue weighted by atomic mass is 16.5. The van der Waals surface area contributed by atoms with E-state index in [0.29, 0.717) is 12.8 Å². The summed E-state index contributed by atoms with van der Waals surface area (Å²) in [6, 6.07) is 2.24. The van der Waals surface area contributed by atoms with Crippen molar-refractivity contribution in [3.05, 3.63) is 0 Å². The van der Waals surface area contributed by atoms with E-state index in [2.05, 4.69) is 6.07 Å². The predicted octanol–water partition coefficient (Wildman–Crippen LogP) is 2.45. The van der Waals surface area contributed by atoms with E-state index in [-0.39, 0.29) is 11.7 Å². The summed E-state index contributed by atoms with van der Waals surface area (Å²) in [4.78, 5) is 12.0. The maximum Gasteiger partial charge on any atom is 0.165 e. The molecule has 0 amide bonds. The van der Waals surface area contributed by atoms with Crippen molar-refractivity contribution >= 4 is 5.78 Å². The highest BCUT2D eigenvalue weighted by molar-refractivity contribution is 5.88. The van der Waals surface area contributed by atoms with E-state index in [1.54, 1.807) is 7.11 Å². The molecule has 1 saturated carbocycles. The quantitative estimate of drug-likeness (QED) is 0.714. The number of Topliss-reactive ketones (excluding diaryl/α,β-unsaturated/α-hetero) is 1. The van der Waals surface area contributed by atoms with E-state index in [9.17, 15) is 4.79 Å². The van der Waals surface area contributed by atoms with Gasteiger partial charge in [0, 0.05) is 13.5 Å². The summed E-state index contributed by atoms with van der Waals surface area (Å²) in [5.41, 5.74) is -0.803. The molecule has 0 heterocycles. The van der Waals surface area contributed by atoms with Crippen LogP contribution in [-0.2, 0) is 9.53 Å². The van der Waals surface area contributed by atoms with E-state index in [0.717, 1.165) is 25.7 Å². The summed E-state index contributed by atoms with van der Waals surface area (Å²) in [5, 5.41) is 9.09. The zero-order chi connectivity index (χ0) is 11.3. The Labute approximate surface area is 91.4 Å². The summed E-state index contributed by atoms with van der Waals surface area (Å²) in [6.45, 7) is 1.98. The van der Waals surface area contributed by atoms with E-state index in [1.807, 2.05) is 6.92 Å². The van der Waals surface area contributed by atoms with Crippen LogP contribution >= 0.6 is 0 Å². The average Bonchev–Trinajstić information content (AvgIpc) is 2.29. The molecule has 1 aliphatic rings. The van der Waals surface area contributed by atoms with Crippen molar-refractivity contribution in [2.24, 2.45) is 5.92 Å². The van der Waals surface area contributed by atoms with E-state index < -0.39 is 5.60 Å². The zero-order valence-electron chi connectivity index (χ0n) is 9.58. The smallest absolute Gasteiger partial charge is 0.165 e. The highest BCUT2D eigenvalue weighted by Gasteiger charge is 2.46. The Bertz CT molecular complexity index is 269. The monoisotopic (exact) mass is 209 g/mol. The first-order valence-electron chi connectivity index (χ1n) is 5.69. The molecule has 0 spiro atoms. The topological polar surface area (TPSA) is 50.1 Å². The maximum absolute atomic E-state index is 12.0. The SMILES string of the molecule is CCCC(=O)[C@]1(OC)CCCC[C@@H]1C#N. The lowest BCUT2D eigenvalue weighted by Crippen LogP contribution is -2.49. The summed E-state index contributed by atoms with van der Waals surface area (Å²) < 4.78 is 5.42. The first-order valence-corrected chi connectivity index (χ1v) is 5.69. The van der Waals surface area contributed by atoms with Crippen LogP contribution in [-0.4, -0.2) is 18.5 Å². The molecule has 1 aliphatic carbocycles. The van der Waals surface area contributed by atoms with Gasteiger partial charge in [0.2, 0.25) is 0 Å². The van der Waals surface area contributed by atoms with Gasteiger partial charge in [0.1, 0.15) is 5.60 Å². The zero-order valence-corrected chi connectivity index (χ0v) is 9.58. The minimum atomic E-state index is -0.803. The Hall–Kier alpha value is -0.880. The van der Waals surface area contributed by atoms with Crippen molar-refractivity contribution in [1.82, 2.24) is 0 Å². The van der Waals surface area contributed by atoms with Gasteiger partial charge >= 0.3 is 0 Å². The largest absolute Gasteiger partial charge is 0.369 e. The molecule has 15 heavy (non-hydrogen) atoms. The molecule has 3 heteroatoms. The van der Waals surface area contributed by atoms with Crippen molar-refractivity contribution in [3.63, 3.8) is 0 Å². The Balaban J connectivity index is 2.89. The van der Waals surface area contributed by atoms with E-state index in [4.69, 9.17) is 10.00 Å². The first-order chi connectivity index (χ1) is 7.21. The normalized spacial score (nSPS) is 30.9. The molecule has 3 nitrogen and oxygen atoms in total. The second-order valence-electron chi connectivity index (χ2n) is 4.19. The number of nitrogens with zero attached hydrogens (tertiary/aromatic N) is 1. The van der Waals surface area contributed by atoms with Crippen molar-refractivity contribution in [1.29, 1.82) is 5.26 Å². The molecule has 0 unspecified atom stereocenters. The molecular weight excluding hydrogens is 190 g/mol. The standard InChI is InChI=1S/C12H19NO2/c1-3-6-11(14)12(15-2)8-5-4-7-10(12)9-13/h10H,3-8H2,1-2H3/t10-,12+/m1/s1. The van der Waals surface area contributed by atoms with Gasteiger partial charge in [-0.05, 0) is 19.3 Å². The van der Waals surface area contributed by atoms with E-state index in [1.165, 1.54) is 0 Å². The Morgan fingerprint density at radius 2 is 2.33 bits per heavy atom. The Kier molecular flexibility index (Phi) is 4.28. The molecular formula is C12H19NO2. The number of hydrogen-bond acceptors (Lipinski definition) is 3. The second kappa shape index (κ2) is 5.27. The average molecular weight is 209 g/mol. The van der Waals surface area contributed by atoms with Crippen LogP contribution in [0.15, 0.2) is 0 Å². The van der Waals surface area contributed by atoms with Gasteiger partial charge in [-0.3, -0.25) is 4.79 Å². The van der Waals surface area contributed by atoms with Gasteiger partial charge < -0.3 is 4.74 Å². The van der Waals surface area contributed by atoms with Gasteiger partial charge in [0.15, 0.2) is 5.78 Å². The van der Waals surface area contributed by atoms with Crippen LogP contribution in [0.4, 0.5) is 0 Å². The molecule has 0 N–H and O–H groups in total. The Morgan fingerprint density at radius 3 is 2.87 bits per heavy atom. The molecule has 0 radical (unpaired) electrons. The lowest BCUT2D eigenvalue weighted by Gasteiger charge is -2.38. The van der Waals surface area contributed by atoms with Gasteiger partial charge in [-0.25, -0.2) is 0 Å². The van der Waals surface area contributed by atoms with Gasteiger partial charge in [-0.1, -0.05) is 19.8 Å². The fourth-order valence-corrected chi connectivity index (χ4v) is 2.44. The number of rotatable bonds is 4. The highest BCUT2D eigenvalue weighted by Crippen LogP contribution is 2.37. The molecule has 0 aromatic carbocycles. The van der Waals surface area contributed by atoms with Crippen LogP contribution in [0.1, 0.15) is 45.4 Å². The number of hydrogen-bond donors (Lipinski definition) is 0. The van der Waals surface area contributed by atoms with Crippen molar-refractivity contribution < 1.29 is 9.53 Å². The van der Waals surface area contributed by atoms with Gasteiger partial charge in [-0.2, -0.15) is 5.26 Å². The van der Waals surface area contributed by atoms with Crippen LogP contribution in [0.5, 0.6) is 0 Å². The van der Waals surface area contributed by atoms with Crippen LogP contribution in [0.2, 0.25) is 0 Å². The van der Waals surface area contributed by atoms with Gasteiger partial charge in [-0.15, -0.1) is 0 Å². The number of ether oxygens (including phenoxy) is 1.